The molecule has 2 atom stereocenters. The first-order valence-corrected chi connectivity index (χ1v) is 12.3. The summed E-state index contributed by atoms with van der Waals surface area (Å²) in [7, 11) is 1.56. The molecule has 0 saturated carbocycles. The van der Waals surface area contributed by atoms with Gasteiger partial charge < -0.3 is 24.8 Å². The van der Waals surface area contributed by atoms with E-state index in [1.807, 2.05) is 64.2 Å². The SMILES string of the molecule is CCC(=O)Nc1ccc(N2C(=S)N[C@@H](c3ccccn3)[C@H]2c2cccn2-c2ccc(F)cc2)cc1OC. The fourth-order valence-electron chi connectivity index (χ4n) is 4.58. The van der Waals surface area contributed by atoms with Crippen LogP contribution < -0.4 is 20.3 Å². The summed E-state index contributed by atoms with van der Waals surface area (Å²) in [5.41, 5.74) is 3.98. The van der Waals surface area contributed by atoms with Gasteiger partial charge in [-0.1, -0.05) is 13.0 Å². The van der Waals surface area contributed by atoms with E-state index in [0.29, 0.717) is 23.0 Å². The second-order valence-electron chi connectivity index (χ2n) is 8.56. The maximum absolute atomic E-state index is 13.7. The maximum Gasteiger partial charge on any atom is 0.224 e. The quantitative estimate of drug-likeness (QED) is 0.315. The molecule has 1 fully saturated rings. The fraction of sp³-hybridized carbons (Fsp3) is 0.179. The van der Waals surface area contributed by atoms with E-state index in [4.69, 9.17) is 17.0 Å². The molecule has 2 N–H and O–H groups in total. The Balaban J connectivity index is 1.62. The van der Waals surface area contributed by atoms with Crippen LogP contribution >= 0.6 is 12.2 Å². The van der Waals surface area contributed by atoms with E-state index < -0.39 is 0 Å². The van der Waals surface area contributed by atoms with Crippen molar-refractivity contribution in [3.63, 3.8) is 0 Å². The first kappa shape index (κ1) is 24.5. The minimum absolute atomic E-state index is 0.102. The molecular formula is C28H26FN5O2S. The van der Waals surface area contributed by atoms with Gasteiger partial charge >= 0.3 is 0 Å². The number of hydrogen-bond donors (Lipinski definition) is 2. The van der Waals surface area contributed by atoms with Crippen LogP contribution in [0.15, 0.2) is 85.2 Å². The number of carbonyl (C=O) groups excluding carboxylic acids is 1. The molecule has 9 heteroatoms. The number of aromatic nitrogens is 2. The average Bonchev–Trinajstić information content (AvgIpc) is 3.54. The van der Waals surface area contributed by atoms with Crippen molar-refractivity contribution in [3.05, 3.63) is 102 Å². The van der Waals surface area contributed by atoms with Crippen LogP contribution in [-0.4, -0.2) is 27.7 Å². The largest absolute Gasteiger partial charge is 0.494 e. The number of pyridine rings is 1. The third kappa shape index (κ3) is 4.77. The van der Waals surface area contributed by atoms with Crippen molar-refractivity contribution in [1.29, 1.82) is 0 Å². The average molecular weight is 516 g/mol. The predicted octanol–water partition coefficient (Wildman–Crippen LogP) is 5.55. The van der Waals surface area contributed by atoms with Crippen LogP contribution in [0.3, 0.4) is 0 Å². The lowest BCUT2D eigenvalue weighted by molar-refractivity contribution is -0.115. The Morgan fingerprint density at radius 2 is 1.89 bits per heavy atom. The predicted molar refractivity (Wildman–Crippen MR) is 146 cm³/mol. The standard InChI is InChI=1S/C28H26FN5O2S/c1-3-25(35)31-21-14-13-20(17-24(21)36-2)34-27(26(32-28(34)37)22-7-4-5-15-30-22)23-8-6-16-33(23)19-11-9-18(29)10-12-19/h4-17,26-27H,3H2,1-2H3,(H,31,35)(H,32,37)/t26-,27+/m0/s1. The molecule has 2 aromatic carbocycles. The molecule has 37 heavy (non-hydrogen) atoms. The third-order valence-electron chi connectivity index (χ3n) is 6.34. The minimum atomic E-state index is -0.295. The molecule has 2 aromatic heterocycles. The van der Waals surface area contributed by atoms with Crippen molar-refractivity contribution in [2.75, 3.05) is 17.3 Å². The monoisotopic (exact) mass is 515 g/mol. The second kappa shape index (κ2) is 10.4. The van der Waals surface area contributed by atoms with Gasteiger partial charge in [-0.15, -0.1) is 0 Å². The first-order valence-electron chi connectivity index (χ1n) is 11.9. The molecule has 4 aromatic rings. The van der Waals surface area contributed by atoms with Gasteiger partial charge in [-0.2, -0.15) is 0 Å². The highest BCUT2D eigenvalue weighted by atomic mass is 32.1. The van der Waals surface area contributed by atoms with Gasteiger partial charge in [0.2, 0.25) is 5.91 Å². The fourth-order valence-corrected chi connectivity index (χ4v) is 4.92. The highest BCUT2D eigenvalue weighted by Crippen LogP contribution is 2.43. The minimum Gasteiger partial charge on any atom is -0.494 e. The van der Waals surface area contributed by atoms with E-state index in [1.165, 1.54) is 12.1 Å². The van der Waals surface area contributed by atoms with E-state index in [1.54, 1.807) is 32.4 Å². The Morgan fingerprint density at radius 3 is 2.59 bits per heavy atom. The highest BCUT2D eigenvalue weighted by Gasteiger charge is 2.42. The highest BCUT2D eigenvalue weighted by molar-refractivity contribution is 7.80. The van der Waals surface area contributed by atoms with Crippen molar-refractivity contribution in [1.82, 2.24) is 14.9 Å². The summed E-state index contributed by atoms with van der Waals surface area (Å²) < 4.78 is 21.3. The number of amides is 1. The van der Waals surface area contributed by atoms with Crippen LogP contribution in [-0.2, 0) is 4.79 Å². The number of halogens is 1. The molecule has 1 amide bonds. The molecule has 3 heterocycles. The van der Waals surface area contributed by atoms with E-state index in [-0.39, 0.29) is 23.8 Å². The van der Waals surface area contributed by atoms with Crippen molar-refractivity contribution < 1.29 is 13.9 Å². The van der Waals surface area contributed by atoms with Gasteiger partial charge in [0.25, 0.3) is 0 Å². The maximum atomic E-state index is 13.7. The van der Waals surface area contributed by atoms with Crippen molar-refractivity contribution in [3.8, 4) is 11.4 Å². The number of methoxy groups -OCH3 is 1. The van der Waals surface area contributed by atoms with E-state index >= 15 is 0 Å². The van der Waals surface area contributed by atoms with Gasteiger partial charge in [-0.25, -0.2) is 4.39 Å². The molecular weight excluding hydrogens is 489 g/mol. The number of nitrogens with one attached hydrogen (secondary N) is 2. The summed E-state index contributed by atoms with van der Waals surface area (Å²) in [6.45, 7) is 1.79. The Labute approximate surface area is 219 Å². The van der Waals surface area contributed by atoms with Crippen LogP contribution in [0, 0.1) is 5.82 Å². The molecule has 5 rings (SSSR count). The number of rotatable bonds is 7. The zero-order chi connectivity index (χ0) is 25.9. The van der Waals surface area contributed by atoms with Gasteiger partial charge in [0.05, 0.1) is 24.5 Å². The Hall–Kier alpha value is -4.24. The summed E-state index contributed by atoms with van der Waals surface area (Å²) in [6, 6.07) is 21.2. The number of ether oxygens (including phenoxy) is 1. The summed E-state index contributed by atoms with van der Waals surface area (Å²) in [5.74, 6) is 0.127. The molecule has 188 valence electrons. The molecule has 1 saturated heterocycles. The lowest BCUT2D eigenvalue weighted by Crippen LogP contribution is -2.30. The first-order chi connectivity index (χ1) is 18.0. The molecule has 0 unspecified atom stereocenters. The molecule has 1 aliphatic rings. The topological polar surface area (TPSA) is 71.4 Å². The van der Waals surface area contributed by atoms with Gasteiger partial charge in [-0.3, -0.25) is 9.78 Å². The molecule has 0 aliphatic carbocycles. The third-order valence-corrected chi connectivity index (χ3v) is 6.66. The lowest BCUT2D eigenvalue weighted by atomic mass is 10.0. The van der Waals surface area contributed by atoms with Crippen LogP contribution in [0.5, 0.6) is 5.75 Å². The van der Waals surface area contributed by atoms with Crippen LogP contribution in [0.25, 0.3) is 5.69 Å². The number of carbonyl (C=O) groups is 1. The van der Waals surface area contributed by atoms with Gasteiger partial charge in [0.1, 0.15) is 17.6 Å². The molecule has 0 radical (unpaired) electrons. The molecule has 0 bridgehead atoms. The van der Waals surface area contributed by atoms with Crippen molar-refractivity contribution >= 4 is 34.6 Å². The van der Waals surface area contributed by atoms with E-state index in [0.717, 1.165) is 22.8 Å². The van der Waals surface area contributed by atoms with Gasteiger partial charge in [-0.05, 0) is 72.9 Å². The van der Waals surface area contributed by atoms with Crippen molar-refractivity contribution in [2.45, 2.75) is 25.4 Å². The van der Waals surface area contributed by atoms with Gasteiger partial charge in [0.15, 0.2) is 5.11 Å². The Bertz CT molecular complexity index is 1420. The number of thiocarbonyl (C=S) groups is 1. The molecule has 1 aliphatic heterocycles. The van der Waals surface area contributed by atoms with Crippen LogP contribution in [0.1, 0.15) is 36.8 Å². The second-order valence-corrected chi connectivity index (χ2v) is 8.95. The Morgan fingerprint density at radius 1 is 1.11 bits per heavy atom. The number of hydrogen-bond acceptors (Lipinski definition) is 4. The zero-order valence-electron chi connectivity index (χ0n) is 20.4. The molecule has 7 nitrogen and oxygen atoms in total. The number of anilines is 2. The van der Waals surface area contributed by atoms with Crippen molar-refractivity contribution in [2.24, 2.45) is 0 Å². The zero-order valence-corrected chi connectivity index (χ0v) is 21.2. The van der Waals surface area contributed by atoms with Crippen LogP contribution in [0.2, 0.25) is 0 Å². The number of nitrogens with zero attached hydrogens (tertiary/aromatic N) is 3. The smallest absolute Gasteiger partial charge is 0.224 e. The number of benzene rings is 2. The summed E-state index contributed by atoms with van der Waals surface area (Å²) in [4.78, 5) is 18.6. The van der Waals surface area contributed by atoms with Crippen LogP contribution in [0.4, 0.5) is 15.8 Å². The lowest BCUT2D eigenvalue weighted by Gasteiger charge is -2.29. The summed E-state index contributed by atoms with van der Waals surface area (Å²) in [5, 5.41) is 6.85. The molecule has 0 spiro atoms. The van der Waals surface area contributed by atoms with E-state index in [9.17, 15) is 9.18 Å². The summed E-state index contributed by atoms with van der Waals surface area (Å²) >= 11 is 5.85. The van der Waals surface area contributed by atoms with Gasteiger partial charge in [0, 0.05) is 41.9 Å². The Kier molecular flexibility index (Phi) is 6.87. The normalized spacial score (nSPS) is 16.9. The van der Waals surface area contributed by atoms with E-state index in [2.05, 4.69) is 15.6 Å². The summed E-state index contributed by atoms with van der Waals surface area (Å²) in [6.07, 6.45) is 4.06.